The second kappa shape index (κ2) is 16.5. The first-order valence-electron chi connectivity index (χ1n) is 19.3. The maximum absolute atomic E-state index is 13.2. The number of anilines is 1. The standard InChI is InChI=1S/C23H21N7O2.C21H18F3N5/c24-20(31)19-7-4-16(12-26-19)15-8-9-27-23(11-15,22(25)32)17-3-1-2-14(10-17)21-29-28-13-30(21)18-5-6-18;1-15(21(22,23)24)29-14-26-27-20(29)17-4-2-6-19(12-17)28-11-3-5-18(13-28)16-7-9-25-10-8-16/h1-4,7-13,18,27H,5-6H2,(H2,24,31)(H2,25,32);2-12,14-15H,13H2,1H3/t;15-/m.0/s1. The van der Waals surface area contributed by atoms with Crippen molar-refractivity contribution in [2.75, 3.05) is 11.4 Å². The van der Waals surface area contributed by atoms with Crippen molar-refractivity contribution in [3.8, 4) is 22.8 Å². The third kappa shape index (κ3) is 8.43. The summed E-state index contributed by atoms with van der Waals surface area (Å²) in [5.41, 5.74) is 16.7. The fourth-order valence-corrected chi connectivity index (χ4v) is 7.10. The Hall–Kier alpha value is -7.69. The summed E-state index contributed by atoms with van der Waals surface area (Å²) in [5.74, 6) is -0.214. The summed E-state index contributed by atoms with van der Waals surface area (Å²) < 4.78 is 42.7. The molecule has 0 saturated heterocycles. The van der Waals surface area contributed by atoms with Crippen LogP contribution in [0.15, 0.2) is 141 Å². The molecule has 6 heterocycles. The molecule has 0 radical (unpaired) electrons. The van der Waals surface area contributed by atoms with Crippen LogP contribution in [-0.4, -0.2) is 64.0 Å². The molecular weight excluding hydrogens is 786 g/mol. The summed E-state index contributed by atoms with van der Waals surface area (Å²) in [6.45, 7) is 1.73. The highest BCUT2D eigenvalue weighted by molar-refractivity contribution is 5.94. The predicted octanol–water partition coefficient (Wildman–Crippen LogP) is 6.54. The van der Waals surface area contributed by atoms with Gasteiger partial charge in [0.05, 0.1) is 0 Å². The summed E-state index contributed by atoms with van der Waals surface area (Å²) in [4.78, 5) is 34.2. The number of primary amides is 2. The fourth-order valence-electron chi connectivity index (χ4n) is 7.10. The molecule has 2 aliphatic heterocycles. The third-order valence-corrected chi connectivity index (χ3v) is 10.6. The van der Waals surface area contributed by atoms with Crippen molar-refractivity contribution in [2.24, 2.45) is 11.5 Å². The van der Waals surface area contributed by atoms with E-state index in [1.54, 1.807) is 61.5 Å². The van der Waals surface area contributed by atoms with Crippen molar-refractivity contribution in [1.29, 1.82) is 0 Å². The smallest absolute Gasteiger partial charge is 0.370 e. The number of nitrogens with two attached hydrogens (primary N) is 2. The van der Waals surface area contributed by atoms with E-state index >= 15 is 0 Å². The molecule has 6 aromatic rings. The molecule has 9 rings (SSSR count). The Balaban J connectivity index is 0.000000169. The van der Waals surface area contributed by atoms with Crippen molar-refractivity contribution in [2.45, 2.75) is 43.6 Å². The lowest BCUT2D eigenvalue weighted by molar-refractivity contribution is -0.162. The van der Waals surface area contributed by atoms with Gasteiger partial charge in [-0.2, -0.15) is 13.2 Å². The minimum Gasteiger partial charge on any atom is -0.370 e. The molecule has 5 N–H and O–H groups in total. The Morgan fingerprint density at radius 2 is 1.62 bits per heavy atom. The second-order valence-corrected chi connectivity index (χ2v) is 14.6. The number of alkyl halides is 3. The molecule has 1 fully saturated rings. The monoisotopic (exact) mass is 824 g/mol. The largest absolute Gasteiger partial charge is 0.408 e. The van der Waals surface area contributed by atoms with Crippen molar-refractivity contribution >= 4 is 28.6 Å². The SMILES string of the molecule is C[C@H](n1cnnc1-c1cccc(N2C=CC=C(c3ccncc3)C2)c1)C(F)(F)F.NC(=O)c1ccc(C2=CC(C(N)=O)(c3cccc(-c4nncn4C4CC4)c3)NC=C2)cn1. The molecule has 308 valence electrons. The normalized spacial score (nSPS) is 17.7. The van der Waals surface area contributed by atoms with Gasteiger partial charge >= 0.3 is 6.18 Å². The molecule has 2 atom stereocenters. The molecule has 17 heteroatoms. The Kier molecular flexibility index (Phi) is 10.9. The number of hydrogen-bond donors (Lipinski definition) is 3. The van der Waals surface area contributed by atoms with Gasteiger partial charge in [-0.1, -0.05) is 42.5 Å². The quantitative estimate of drug-likeness (QED) is 0.137. The van der Waals surface area contributed by atoms with Crippen LogP contribution in [0.1, 0.15) is 59.0 Å². The van der Waals surface area contributed by atoms with Gasteiger partial charge in [0, 0.05) is 54.2 Å². The first-order chi connectivity index (χ1) is 29.4. The van der Waals surface area contributed by atoms with E-state index in [0.29, 0.717) is 23.7 Å². The predicted molar refractivity (Wildman–Crippen MR) is 223 cm³/mol. The van der Waals surface area contributed by atoms with Gasteiger partial charge in [-0.25, -0.2) is 0 Å². The van der Waals surface area contributed by atoms with E-state index in [-0.39, 0.29) is 11.5 Å². The number of nitrogens with zero attached hydrogens (tertiary/aromatic N) is 9. The first kappa shape index (κ1) is 40.1. The van der Waals surface area contributed by atoms with E-state index in [1.165, 1.54) is 0 Å². The van der Waals surface area contributed by atoms with Gasteiger partial charge in [0.15, 0.2) is 17.2 Å². The number of pyridine rings is 2. The number of amides is 2. The van der Waals surface area contributed by atoms with E-state index < -0.39 is 29.6 Å². The number of rotatable bonds is 10. The summed E-state index contributed by atoms with van der Waals surface area (Å²) in [7, 11) is 0. The second-order valence-electron chi connectivity index (χ2n) is 14.6. The minimum absolute atomic E-state index is 0.168. The van der Waals surface area contributed by atoms with E-state index in [9.17, 15) is 22.8 Å². The Bertz CT molecular complexity index is 2700. The van der Waals surface area contributed by atoms with Crippen LogP contribution in [0, 0.1) is 0 Å². The number of carbonyl (C=O) groups is 2. The molecule has 2 amide bonds. The zero-order valence-electron chi connectivity index (χ0n) is 32.7. The third-order valence-electron chi connectivity index (χ3n) is 10.6. The van der Waals surface area contributed by atoms with Crippen LogP contribution in [-0.2, 0) is 10.3 Å². The Morgan fingerprint density at radius 3 is 2.33 bits per heavy atom. The molecule has 0 bridgehead atoms. The Morgan fingerprint density at radius 1 is 0.885 bits per heavy atom. The van der Waals surface area contributed by atoms with Crippen LogP contribution in [0.3, 0.4) is 0 Å². The van der Waals surface area contributed by atoms with E-state index in [4.69, 9.17) is 11.5 Å². The zero-order valence-corrected chi connectivity index (χ0v) is 32.7. The molecule has 1 saturated carbocycles. The average molecular weight is 825 g/mol. The maximum atomic E-state index is 13.2. The van der Waals surface area contributed by atoms with Crippen LogP contribution in [0.4, 0.5) is 18.9 Å². The number of benzene rings is 2. The van der Waals surface area contributed by atoms with Crippen LogP contribution in [0.5, 0.6) is 0 Å². The van der Waals surface area contributed by atoms with Crippen LogP contribution in [0.2, 0.25) is 0 Å². The van der Waals surface area contributed by atoms with Crippen molar-refractivity contribution < 1.29 is 22.8 Å². The van der Waals surface area contributed by atoms with Gasteiger partial charge in [-0.15, -0.1) is 20.4 Å². The van der Waals surface area contributed by atoms with Gasteiger partial charge in [0.2, 0.25) is 0 Å². The van der Waals surface area contributed by atoms with Crippen LogP contribution in [0.25, 0.3) is 33.9 Å². The van der Waals surface area contributed by atoms with E-state index in [2.05, 4.69) is 40.2 Å². The van der Waals surface area contributed by atoms with E-state index in [1.807, 2.05) is 77.9 Å². The number of dihydropyridines is 1. The lowest BCUT2D eigenvalue weighted by atomic mass is 9.83. The van der Waals surface area contributed by atoms with Crippen LogP contribution < -0.4 is 21.7 Å². The highest BCUT2D eigenvalue weighted by atomic mass is 19.4. The topological polar surface area (TPSA) is 189 Å². The maximum Gasteiger partial charge on any atom is 0.408 e. The van der Waals surface area contributed by atoms with Gasteiger partial charge in [-0.3, -0.25) is 19.6 Å². The summed E-state index contributed by atoms with van der Waals surface area (Å²) in [5, 5.41) is 19.1. The molecule has 14 nitrogen and oxygen atoms in total. The average Bonchev–Trinajstić information content (AvgIpc) is 3.79. The van der Waals surface area contributed by atoms with Gasteiger partial charge in [0.25, 0.3) is 11.8 Å². The first-order valence-corrected chi connectivity index (χ1v) is 19.3. The summed E-state index contributed by atoms with van der Waals surface area (Å²) in [6, 6.07) is 20.7. The van der Waals surface area contributed by atoms with Crippen molar-refractivity contribution in [1.82, 2.24) is 44.8 Å². The number of hydrogen-bond acceptors (Lipinski definition) is 10. The van der Waals surface area contributed by atoms with Gasteiger partial charge < -0.3 is 30.8 Å². The Labute approximate surface area is 347 Å². The highest BCUT2D eigenvalue weighted by Gasteiger charge is 2.39. The highest BCUT2D eigenvalue weighted by Crippen LogP contribution is 2.39. The molecular formula is C44H39F3N12O2. The number of carbonyl (C=O) groups excluding carboxylic acids is 2. The van der Waals surface area contributed by atoms with Crippen molar-refractivity contribution in [3.05, 3.63) is 163 Å². The molecule has 3 aliphatic rings. The van der Waals surface area contributed by atoms with Gasteiger partial charge in [0.1, 0.15) is 24.4 Å². The lowest BCUT2D eigenvalue weighted by Crippen LogP contribution is -2.50. The fraction of sp³-hybridized carbons (Fsp3) is 0.182. The number of aromatic nitrogens is 8. The molecule has 4 aromatic heterocycles. The van der Waals surface area contributed by atoms with Gasteiger partial charge in [-0.05, 0) is 108 Å². The zero-order chi connectivity index (χ0) is 42.7. The lowest BCUT2D eigenvalue weighted by Gasteiger charge is -2.32. The molecule has 61 heavy (non-hydrogen) atoms. The molecule has 1 unspecified atom stereocenters. The molecule has 2 aromatic carbocycles. The molecule has 1 aliphatic carbocycles. The minimum atomic E-state index is -4.38. The van der Waals surface area contributed by atoms with E-state index in [0.717, 1.165) is 70.0 Å². The summed E-state index contributed by atoms with van der Waals surface area (Å²) in [6.07, 6.45) is 16.9. The van der Waals surface area contributed by atoms with Crippen molar-refractivity contribution in [3.63, 3.8) is 0 Å². The number of allylic oxidation sites excluding steroid dienone is 4. The summed E-state index contributed by atoms with van der Waals surface area (Å²) >= 11 is 0. The number of nitrogens with one attached hydrogen (secondary N) is 1. The number of halogens is 3. The van der Waals surface area contributed by atoms with Crippen LogP contribution >= 0.6 is 0 Å². The molecule has 0 spiro atoms.